The maximum Gasteiger partial charge on any atom is 0.338 e. The minimum atomic E-state index is -0.419. The van der Waals surface area contributed by atoms with Gasteiger partial charge in [0.1, 0.15) is 0 Å². The van der Waals surface area contributed by atoms with E-state index in [2.05, 4.69) is 10.3 Å². The summed E-state index contributed by atoms with van der Waals surface area (Å²) in [6.45, 7) is 4.73. The molecule has 2 heterocycles. The lowest BCUT2D eigenvalue weighted by Gasteiger charge is -2.36. The molecule has 1 aromatic rings. The van der Waals surface area contributed by atoms with Crippen LogP contribution in [0.1, 0.15) is 30.5 Å². The van der Waals surface area contributed by atoms with Crippen molar-refractivity contribution in [2.45, 2.75) is 26.3 Å². The number of amides is 1. The number of thioether (sulfide) groups is 1. The zero-order valence-electron chi connectivity index (χ0n) is 17.0. The Kier molecular flexibility index (Phi) is 6.76. The first-order chi connectivity index (χ1) is 14.0. The summed E-state index contributed by atoms with van der Waals surface area (Å²) in [6, 6.07) is 7.60. The van der Waals surface area contributed by atoms with Gasteiger partial charge in [-0.25, -0.2) is 9.79 Å². The number of allylic oxidation sites excluding steroid dienone is 1. The molecule has 1 atom stereocenters. The normalized spacial score (nSPS) is 18.2. The quantitative estimate of drug-likeness (QED) is 0.545. The van der Waals surface area contributed by atoms with Crippen molar-refractivity contribution >= 4 is 28.8 Å². The predicted molar refractivity (Wildman–Crippen MR) is 113 cm³/mol. The lowest BCUT2D eigenvalue weighted by Crippen LogP contribution is -2.38. The molecule has 2 aliphatic rings. The fraction of sp³-hybridized carbons (Fsp3) is 0.381. The highest BCUT2D eigenvalue weighted by Crippen LogP contribution is 2.44. The summed E-state index contributed by atoms with van der Waals surface area (Å²) in [5, 5.41) is 5.51. The first-order valence-corrected chi connectivity index (χ1v) is 10.2. The number of carbonyl (C=O) groups excluding carboxylic acids is 2. The number of carbonyl (C=O) groups is 2. The molecule has 3 rings (SSSR count). The average Bonchev–Trinajstić information content (AvgIpc) is 3.08. The Morgan fingerprint density at radius 3 is 2.76 bits per heavy atom. The molecule has 0 spiro atoms. The van der Waals surface area contributed by atoms with Crippen LogP contribution in [-0.4, -0.2) is 49.3 Å². The Morgan fingerprint density at radius 2 is 2.07 bits per heavy atom. The predicted octanol–water partition coefficient (Wildman–Crippen LogP) is 2.90. The van der Waals surface area contributed by atoms with E-state index in [1.165, 1.54) is 18.9 Å². The van der Waals surface area contributed by atoms with Crippen LogP contribution >= 0.6 is 11.8 Å². The molecule has 0 saturated heterocycles. The lowest BCUT2D eigenvalue weighted by molar-refractivity contribution is -0.136. The van der Waals surface area contributed by atoms with Gasteiger partial charge in [-0.05, 0) is 24.8 Å². The third-order valence-corrected chi connectivity index (χ3v) is 5.62. The number of rotatable bonds is 7. The molecule has 1 amide bonds. The Bertz CT molecular complexity index is 907. The van der Waals surface area contributed by atoms with Crippen LogP contribution in [0.5, 0.6) is 0 Å². The van der Waals surface area contributed by atoms with Crippen molar-refractivity contribution in [3.05, 3.63) is 57.8 Å². The number of methoxy groups -OCH3 is 2. The van der Waals surface area contributed by atoms with Gasteiger partial charge in [0.2, 0.25) is 5.91 Å². The van der Waals surface area contributed by atoms with Gasteiger partial charge in [-0.2, -0.15) is 0 Å². The minimum absolute atomic E-state index is 0.107. The third-order valence-electron chi connectivity index (χ3n) is 4.73. The molecule has 1 N–H and O–H groups in total. The van der Waals surface area contributed by atoms with E-state index in [0.29, 0.717) is 24.4 Å². The van der Waals surface area contributed by atoms with Crippen molar-refractivity contribution in [2.75, 3.05) is 27.4 Å². The Hall–Kier alpha value is -2.58. The molecular formula is C21H25N3O4S. The smallest absolute Gasteiger partial charge is 0.338 e. The second-order valence-electron chi connectivity index (χ2n) is 6.82. The number of aryl methyl sites for hydroxylation is 1. The van der Waals surface area contributed by atoms with Gasteiger partial charge in [0.25, 0.3) is 0 Å². The van der Waals surface area contributed by atoms with Crippen LogP contribution in [0, 0.1) is 6.92 Å². The first kappa shape index (κ1) is 21.1. The van der Waals surface area contributed by atoms with Crippen LogP contribution in [0.3, 0.4) is 0 Å². The molecule has 154 valence electrons. The van der Waals surface area contributed by atoms with Gasteiger partial charge in [-0.1, -0.05) is 41.6 Å². The number of nitrogens with one attached hydrogen (secondary N) is 1. The molecule has 2 aliphatic heterocycles. The van der Waals surface area contributed by atoms with Crippen LogP contribution in [0.2, 0.25) is 0 Å². The van der Waals surface area contributed by atoms with Crippen molar-refractivity contribution in [3.8, 4) is 0 Å². The summed E-state index contributed by atoms with van der Waals surface area (Å²) in [5.41, 5.74) is 3.94. The molecule has 7 nitrogen and oxygen atoms in total. The Balaban J connectivity index is 1.96. The Morgan fingerprint density at radius 1 is 1.28 bits per heavy atom. The number of ether oxygens (including phenoxy) is 2. The summed E-state index contributed by atoms with van der Waals surface area (Å²) < 4.78 is 10.0. The van der Waals surface area contributed by atoms with E-state index >= 15 is 0 Å². The largest absolute Gasteiger partial charge is 0.466 e. The van der Waals surface area contributed by atoms with Gasteiger partial charge in [0.15, 0.2) is 5.17 Å². The summed E-state index contributed by atoms with van der Waals surface area (Å²) in [6.07, 6.45) is 0.186. The Labute approximate surface area is 174 Å². The van der Waals surface area contributed by atoms with Gasteiger partial charge in [-0.15, -0.1) is 0 Å². The highest BCUT2D eigenvalue weighted by Gasteiger charge is 2.40. The van der Waals surface area contributed by atoms with Gasteiger partial charge >= 0.3 is 5.97 Å². The fourth-order valence-corrected chi connectivity index (χ4v) is 4.38. The van der Waals surface area contributed by atoms with Crippen molar-refractivity contribution in [1.82, 2.24) is 10.2 Å². The number of hydrogen-bond donors (Lipinski definition) is 1. The molecule has 1 unspecified atom stereocenters. The molecule has 0 bridgehead atoms. The van der Waals surface area contributed by atoms with Gasteiger partial charge in [-0.3, -0.25) is 4.79 Å². The number of benzene rings is 1. The molecule has 0 aliphatic carbocycles. The molecule has 0 saturated carbocycles. The topological polar surface area (TPSA) is 80.2 Å². The maximum absolute atomic E-state index is 12.6. The van der Waals surface area contributed by atoms with Crippen LogP contribution in [-0.2, 0) is 19.1 Å². The standard InChI is InChI=1S/C21H25N3O4S/c1-13-6-5-7-15(10-13)19-18(20(26)28-4)14(2)23-21-24(19)16(12-29-21)11-17(25)22-8-9-27-3/h5-7,10,12,19H,8-9,11H2,1-4H3,(H,22,25). The highest BCUT2D eigenvalue weighted by atomic mass is 32.2. The summed E-state index contributed by atoms with van der Waals surface area (Å²) in [5.74, 6) is -0.526. The molecule has 0 aromatic heterocycles. The number of aliphatic imine (C=N–C) groups is 1. The van der Waals surface area contributed by atoms with Crippen LogP contribution in [0.15, 0.2) is 51.6 Å². The number of hydrogen-bond acceptors (Lipinski definition) is 7. The first-order valence-electron chi connectivity index (χ1n) is 9.31. The van der Waals surface area contributed by atoms with Crippen LogP contribution in [0.25, 0.3) is 0 Å². The van der Waals surface area contributed by atoms with Gasteiger partial charge in [0.05, 0.1) is 37.4 Å². The van der Waals surface area contributed by atoms with Gasteiger partial charge < -0.3 is 19.7 Å². The molecule has 1 aromatic carbocycles. The SMILES string of the molecule is COCCNC(=O)CC1=CSC2=NC(C)=C(C(=O)OC)C(c3cccc(C)c3)N12. The summed E-state index contributed by atoms with van der Waals surface area (Å²) in [7, 11) is 2.96. The van der Waals surface area contributed by atoms with E-state index in [9.17, 15) is 9.59 Å². The van der Waals surface area contributed by atoms with E-state index in [0.717, 1.165) is 22.0 Å². The minimum Gasteiger partial charge on any atom is -0.466 e. The molecular weight excluding hydrogens is 390 g/mol. The number of fused-ring (bicyclic) bond motifs is 1. The van der Waals surface area contributed by atoms with E-state index in [4.69, 9.17) is 9.47 Å². The third kappa shape index (κ3) is 4.54. The van der Waals surface area contributed by atoms with E-state index in [-0.39, 0.29) is 12.3 Å². The summed E-state index contributed by atoms with van der Waals surface area (Å²) >= 11 is 1.46. The maximum atomic E-state index is 12.6. The van der Waals surface area contributed by atoms with Crippen molar-refractivity contribution in [1.29, 1.82) is 0 Å². The van der Waals surface area contributed by atoms with Crippen molar-refractivity contribution in [3.63, 3.8) is 0 Å². The zero-order chi connectivity index (χ0) is 21.0. The van der Waals surface area contributed by atoms with E-state index in [1.807, 2.05) is 48.4 Å². The number of esters is 1. The van der Waals surface area contributed by atoms with Crippen molar-refractivity contribution < 1.29 is 19.1 Å². The molecule has 0 radical (unpaired) electrons. The van der Waals surface area contributed by atoms with Crippen LogP contribution < -0.4 is 5.32 Å². The fourth-order valence-electron chi connectivity index (χ4n) is 3.42. The average molecular weight is 416 g/mol. The van der Waals surface area contributed by atoms with Crippen LogP contribution in [0.4, 0.5) is 0 Å². The van der Waals surface area contributed by atoms with Gasteiger partial charge in [0, 0.05) is 19.4 Å². The molecule has 29 heavy (non-hydrogen) atoms. The monoisotopic (exact) mass is 415 g/mol. The van der Waals surface area contributed by atoms with Crippen molar-refractivity contribution in [2.24, 2.45) is 4.99 Å². The van der Waals surface area contributed by atoms with E-state index in [1.54, 1.807) is 7.11 Å². The number of amidine groups is 1. The van der Waals surface area contributed by atoms with E-state index < -0.39 is 12.0 Å². The lowest BCUT2D eigenvalue weighted by atomic mass is 9.93. The molecule has 0 fully saturated rings. The highest BCUT2D eigenvalue weighted by molar-refractivity contribution is 8.16. The second kappa shape index (κ2) is 9.28. The summed E-state index contributed by atoms with van der Waals surface area (Å²) in [4.78, 5) is 31.6. The second-order valence-corrected chi connectivity index (χ2v) is 7.65. The molecule has 8 heteroatoms. The zero-order valence-corrected chi connectivity index (χ0v) is 17.8. The number of nitrogens with zero attached hydrogens (tertiary/aromatic N) is 2.